The molecule has 0 aromatic rings. The summed E-state index contributed by atoms with van der Waals surface area (Å²) in [5.41, 5.74) is 1.94. The van der Waals surface area contributed by atoms with Gasteiger partial charge in [-0.25, -0.2) is 0 Å². The highest BCUT2D eigenvalue weighted by Crippen LogP contribution is 2.37. The molecule has 1 saturated carbocycles. The molecule has 154 valence electrons. The van der Waals surface area contributed by atoms with Crippen LogP contribution in [0.15, 0.2) is 0 Å². The molecule has 0 heteroatoms. The summed E-state index contributed by atoms with van der Waals surface area (Å²) in [6, 6.07) is 0. The third-order valence-electron chi connectivity index (χ3n) is 6.81. The molecule has 0 spiro atoms. The van der Waals surface area contributed by atoms with E-state index in [9.17, 15) is 0 Å². The van der Waals surface area contributed by atoms with Crippen molar-refractivity contribution in [3.8, 4) is 0 Å². The van der Waals surface area contributed by atoms with E-state index in [1.165, 1.54) is 32.1 Å². The lowest BCUT2D eigenvalue weighted by atomic mass is 9.71. The largest absolute Gasteiger partial charge is 0.0623 e. The van der Waals surface area contributed by atoms with Crippen molar-refractivity contribution in [2.75, 3.05) is 0 Å². The Morgan fingerprint density at radius 3 is 0.960 bits per heavy atom. The molecule has 0 unspecified atom stereocenters. The van der Waals surface area contributed by atoms with E-state index < -0.39 is 0 Å². The highest BCUT2D eigenvalue weighted by molar-refractivity contribution is 4.77. The number of hydrogen-bond donors (Lipinski definition) is 0. The molecule has 1 rings (SSSR count). The van der Waals surface area contributed by atoms with Gasteiger partial charge < -0.3 is 0 Å². The van der Waals surface area contributed by atoms with E-state index in [4.69, 9.17) is 0 Å². The fraction of sp³-hybridized carbons (Fsp3) is 1.00. The van der Waals surface area contributed by atoms with Crippen molar-refractivity contribution in [1.29, 1.82) is 0 Å². The van der Waals surface area contributed by atoms with Crippen LogP contribution in [0.5, 0.6) is 0 Å². The third kappa shape index (κ3) is 13.8. The Morgan fingerprint density at radius 1 is 0.560 bits per heavy atom. The lowest BCUT2D eigenvalue weighted by Gasteiger charge is -2.34. The van der Waals surface area contributed by atoms with Gasteiger partial charge in [-0.15, -0.1) is 0 Å². The standard InChI is InChI=1S/C10H20.C8H18.C7H16/c1-10(2,3)9-7-5-4-6-8-9;1-7(2,3)8(4,5)6;1-6(2)7(3,4)5/h9H,4-8H2,1-3H3;1-6H3;6H,1-5H3. The van der Waals surface area contributed by atoms with Gasteiger partial charge in [-0.3, -0.25) is 0 Å². The van der Waals surface area contributed by atoms with E-state index in [1.807, 2.05) is 0 Å². The summed E-state index contributed by atoms with van der Waals surface area (Å²) >= 11 is 0. The third-order valence-corrected chi connectivity index (χ3v) is 6.81. The summed E-state index contributed by atoms with van der Waals surface area (Å²) in [4.78, 5) is 0. The Morgan fingerprint density at radius 2 is 0.840 bits per heavy atom. The summed E-state index contributed by atoms with van der Waals surface area (Å²) in [7, 11) is 0. The second-order valence-electron chi connectivity index (χ2n) is 12.7. The monoisotopic (exact) mass is 354 g/mol. The van der Waals surface area contributed by atoms with Crippen molar-refractivity contribution in [3.63, 3.8) is 0 Å². The highest BCUT2D eigenvalue weighted by Gasteiger charge is 2.27. The van der Waals surface area contributed by atoms with Crippen molar-refractivity contribution >= 4 is 0 Å². The molecule has 0 nitrogen and oxygen atoms in total. The molecule has 0 amide bonds. The molecule has 25 heavy (non-hydrogen) atoms. The molecule has 0 N–H and O–H groups in total. The quantitative estimate of drug-likeness (QED) is 0.406. The van der Waals surface area contributed by atoms with E-state index in [2.05, 4.69) is 96.9 Å². The molecule has 1 fully saturated rings. The maximum atomic E-state index is 2.38. The zero-order valence-electron chi connectivity index (χ0n) is 20.7. The van der Waals surface area contributed by atoms with Crippen molar-refractivity contribution in [3.05, 3.63) is 0 Å². The first-order valence-electron chi connectivity index (χ1n) is 10.8. The summed E-state index contributed by atoms with van der Waals surface area (Å²) in [5, 5.41) is 0. The average molecular weight is 355 g/mol. The van der Waals surface area contributed by atoms with Crippen molar-refractivity contribution in [1.82, 2.24) is 0 Å². The number of hydrogen-bond acceptors (Lipinski definition) is 0. The molecular formula is C25H54. The predicted octanol–water partition coefficient (Wildman–Crippen LogP) is 9.38. The van der Waals surface area contributed by atoms with Gasteiger partial charge >= 0.3 is 0 Å². The van der Waals surface area contributed by atoms with Crippen LogP contribution in [-0.2, 0) is 0 Å². The molecule has 0 heterocycles. The van der Waals surface area contributed by atoms with Gasteiger partial charge in [-0.2, -0.15) is 0 Å². The van der Waals surface area contributed by atoms with Gasteiger partial charge in [0.15, 0.2) is 0 Å². The van der Waals surface area contributed by atoms with Crippen LogP contribution in [0.25, 0.3) is 0 Å². The highest BCUT2D eigenvalue weighted by atomic mass is 14.3. The summed E-state index contributed by atoms with van der Waals surface area (Å²) in [5.74, 6) is 1.80. The fourth-order valence-electron chi connectivity index (χ4n) is 1.97. The maximum Gasteiger partial charge on any atom is -0.0334 e. The average Bonchev–Trinajstić information content (AvgIpc) is 2.36. The van der Waals surface area contributed by atoms with Crippen LogP contribution in [0.3, 0.4) is 0 Å². The Balaban J connectivity index is 0. The Bertz CT molecular complexity index is 301. The molecule has 0 aromatic heterocycles. The zero-order valence-corrected chi connectivity index (χ0v) is 20.7. The smallest absolute Gasteiger partial charge is 0.0334 e. The molecule has 0 saturated heterocycles. The minimum Gasteiger partial charge on any atom is -0.0623 e. The lowest BCUT2D eigenvalue weighted by molar-refractivity contribution is 0.157. The lowest BCUT2D eigenvalue weighted by Crippen LogP contribution is -2.25. The summed E-state index contributed by atoms with van der Waals surface area (Å²) in [6.45, 7) is 32.0. The molecule has 0 aliphatic heterocycles. The van der Waals surface area contributed by atoms with E-state index in [-0.39, 0.29) is 0 Å². The van der Waals surface area contributed by atoms with E-state index >= 15 is 0 Å². The first-order valence-corrected chi connectivity index (χ1v) is 10.8. The predicted molar refractivity (Wildman–Crippen MR) is 119 cm³/mol. The zero-order chi connectivity index (χ0) is 20.7. The second-order valence-corrected chi connectivity index (χ2v) is 12.7. The van der Waals surface area contributed by atoms with Gasteiger partial charge in [-0.1, -0.05) is 116 Å². The summed E-state index contributed by atoms with van der Waals surface area (Å²) in [6.07, 6.45) is 7.38. The Kier molecular flexibility index (Phi) is 11.3. The van der Waals surface area contributed by atoms with Gasteiger partial charge in [0.25, 0.3) is 0 Å². The van der Waals surface area contributed by atoms with Gasteiger partial charge in [0.2, 0.25) is 0 Å². The van der Waals surface area contributed by atoms with Crippen LogP contribution >= 0.6 is 0 Å². The molecular weight excluding hydrogens is 300 g/mol. The van der Waals surface area contributed by atoms with Gasteiger partial charge in [0, 0.05) is 0 Å². The van der Waals surface area contributed by atoms with Crippen LogP contribution in [0, 0.1) is 33.5 Å². The van der Waals surface area contributed by atoms with Crippen LogP contribution in [-0.4, -0.2) is 0 Å². The fourth-order valence-corrected chi connectivity index (χ4v) is 1.97. The molecule has 1 aliphatic rings. The molecule has 0 radical (unpaired) electrons. The normalized spacial score (nSPS) is 17.4. The van der Waals surface area contributed by atoms with Crippen LogP contribution in [0.2, 0.25) is 0 Å². The minimum absolute atomic E-state index is 0.437. The van der Waals surface area contributed by atoms with Crippen molar-refractivity contribution in [2.45, 2.75) is 129 Å². The maximum absolute atomic E-state index is 2.38. The van der Waals surface area contributed by atoms with Gasteiger partial charge in [0.05, 0.1) is 0 Å². The SMILES string of the molecule is CC(C)(C)C(C)(C)C.CC(C)(C)C1CCCCC1.CC(C)C(C)(C)C. The van der Waals surface area contributed by atoms with E-state index in [0.717, 1.165) is 11.8 Å². The first kappa shape index (κ1) is 27.2. The van der Waals surface area contributed by atoms with Crippen LogP contribution in [0.4, 0.5) is 0 Å². The molecule has 0 bridgehead atoms. The van der Waals surface area contributed by atoms with Crippen molar-refractivity contribution < 1.29 is 0 Å². The second kappa shape index (κ2) is 10.4. The minimum atomic E-state index is 0.437. The van der Waals surface area contributed by atoms with Crippen molar-refractivity contribution in [2.24, 2.45) is 33.5 Å². The van der Waals surface area contributed by atoms with E-state index in [0.29, 0.717) is 21.7 Å². The van der Waals surface area contributed by atoms with Gasteiger partial charge in [-0.05, 0) is 46.3 Å². The Labute approximate surface area is 163 Å². The Hall–Kier alpha value is 0. The van der Waals surface area contributed by atoms with E-state index in [1.54, 1.807) is 0 Å². The topological polar surface area (TPSA) is 0 Å². The molecule has 0 aromatic carbocycles. The number of rotatable bonds is 0. The molecule has 0 atom stereocenters. The van der Waals surface area contributed by atoms with Crippen LogP contribution in [0.1, 0.15) is 129 Å². The molecule has 1 aliphatic carbocycles. The first-order chi connectivity index (χ1) is 10.8. The summed E-state index contributed by atoms with van der Waals surface area (Å²) < 4.78 is 0. The van der Waals surface area contributed by atoms with Crippen LogP contribution < -0.4 is 0 Å². The van der Waals surface area contributed by atoms with Gasteiger partial charge in [0.1, 0.15) is 0 Å².